The van der Waals surface area contributed by atoms with Crippen molar-refractivity contribution in [3.05, 3.63) is 46.5 Å². The first kappa shape index (κ1) is 14.4. The van der Waals surface area contributed by atoms with Gasteiger partial charge in [-0.25, -0.2) is 0 Å². The number of allylic oxidation sites excluding steroid dienone is 3. The molecule has 0 aromatic heterocycles. The van der Waals surface area contributed by atoms with E-state index in [2.05, 4.69) is 25.1 Å². The number of benzene rings is 1. The Balaban J connectivity index is 1.78. The van der Waals surface area contributed by atoms with Gasteiger partial charge in [-0.1, -0.05) is 23.8 Å². The number of esters is 1. The molecule has 1 aromatic carbocycles. The van der Waals surface area contributed by atoms with Crippen molar-refractivity contribution in [3.8, 4) is 5.75 Å². The second kappa shape index (κ2) is 4.92. The average molecular weight is 308 g/mol. The Hall–Kier alpha value is -2.16. The molecule has 0 saturated heterocycles. The Morgan fingerprint density at radius 3 is 2.87 bits per heavy atom. The van der Waals surface area contributed by atoms with Gasteiger partial charge < -0.3 is 4.74 Å². The first-order valence-electron chi connectivity index (χ1n) is 8.26. The van der Waals surface area contributed by atoms with Crippen LogP contribution in [0.15, 0.2) is 35.4 Å². The molecule has 0 radical (unpaired) electrons. The van der Waals surface area contributed by atoms with E-state index >= 15 is 0 Å². The first-order valence-corrected chi connectivity index (χ1v) is 8.26. The van der Waals surface area contributed by atoms with Gasteiger partial charge in [-0.3, -0.25) is 9.59 Å². The van der Waals surface area contributed by atoms with Gasteiger partial charge in [0, 0.05) is 24.7 Å². The average Bonchev–Trinajstić information content (AvgIpc) is 2.82. The number of Topliss-reactive ketones (excluding diaryl/α,β-unsaturated/α-hetero) is 1. The van der Waals surface area contributed by atoms with E-state index in [9.17, 15) is 9.59 Å². The molecule has 1 fully saturated rings. The van der Waals surface area contributed by atoms with Crippen molar-refractivity contribution >= 4 is 17.8 Å². The van der Waals surface area contributed by atoms with Crippen molar-refractivity contribution in [2.45, 2.75) is 45.4 Å². The smallest absolute Gasteiger partial charge is 0.308 e. The van der Waals surface area contributed by atoms with E-state index in [4.69, 9.17) is 4.74 Å². The van der Waals surface area contributed by atoms with E-state index in [1.165, 1.54) is 23.6 Å². The van der Waals surface area contributed by atoms with Gasteiger partial charge in [-0.15, -0.1) is 0 Å². The van der Waals surface area contributed by atoms with E-state index in [1.807, 2.05) is 12.1 Å². The highest BCUT2D eigenvalue weighted by Crippen LogP contribution is 2.55. The number of carbonyl (C=O) groups excluding carboxylic acids is 2. The lowest BCUT2D eigenvalue weighted by Gasteiger charge is -2.38. The Labute approximate surface area is 136 Å². The van der Waals surface area contributed by atoms with Crippen LogP contribution in [-0.4, -0.2) is 11.8 Å². The summed E-state index contributed by atoms with van der Waals surface area (Å²) in [4.78, 5) is 23.4. The highest BCUT2D eigenvalue weighted by Gasteiger charge is 2.47. The minimum absolute atomic E-state index is 0.231. The zero-order valence-electron chi connectivity index (χ0n) is 13.5. The second-order valence-corrected chi connectivity index (χ2v) is 7.00. The van der Waals surface area contributed by atoms with E-state index in [-0.39, 0.29) is 11.4 Å². The maximum absolute atomic E-state index is 12.3. The van der Waals surface area contributed by atoms with Crippen molar-refractivity contribution in [1.82, 2.24) is 0 Å². The van der Waals surface area contributed by atoms with E-state index < -0.39 is 0 Å². The fourth-order valence-electron chi connectivity index (χ4n) is 4.47. The highest BCUT2D eigenvalue weighted by atomic mass is 16.5. The monoisotopic (exact) mass is 308 g/mol. The molecular formula is C20H20O3. The minimum atomic E-state index is -0.301. The topological polar surface area (TPSA) is 43.4 Å². The second-order valence-electron chi connectivity index (χ2n) is 7.00. The summed E-state index contributed by atoms with van der Waals surface area (Å²) < 4.78 is 5.19. The number of hydrogen-bond donors (Lipinski definition) is 0. The van der Waals surface area contributed by atoms with Crippen LogP contribution in [0.4, 0.5) is 0 Å². The predicted octanol–water partition coefficient (Wildman–Crippen LogP) is 4.18. The van der Waals surface area contributed by atoms with Gasteiger partial charge in [0.1, 0.15) is 11.5 Å². The van der Waals surface area contributed by atoms with Gasteiger partial charge in [-0.05, 0) is 55.0 Å². The maximum Gasteiger partial charge on any atom is 0.308 e. The molecule has 23 heavy (non-hydrogen) atoms. The molecule has 3 heteroatoms. The largest absolute Gasteiger partial charge is 0.427 e. The molecule has 3 aliphatic carbocycles. The number of fused-ring (bicyclic) bond motifs is 4. The van der Waals surface area contributed by atoms with Gasteiger partial charge in [0.15, 0.2) is 0 Å². The molecule has 2 atom stereocenters. The molecule has 0 N–H and O–H groups in total. The van der Waals surface area contributed by atoms with Crippen LogP contribution in [0.5, 0.6) is 5.75 Å². The van der Waals surface area contributed by atoms with Crippen LogP contribution in [0.1, 0.15) is 56.6 Å². The molecule has 3 aliphatic rings. The first-order chi connectivity index (χ1) is 11.0. The fourth-order valence-corrected chi connectivity index (χ4v) is 4.47. The van der Waals surface area contributed by atoms with Crippen LogP contribution in [0.25, 0.3) is 6.08 Å². The Morgan fingerprint density at radius 2 is 2.09 bits per heavy atom. The maximum atomic E-state index is 12.3. The van der Waals surface area contributed by atoms with Crippen molar-refractivity contribution in [2.75, 3.05) is 0 Å². The normalized spacial score (nSPS) is 28.3. The summed E-state index contributed by atoms with van der Waals surface area (Å²) in [6, 6.07) is 5.87. The van der Waals surface area contributed by atoms with Crippen LogP contribution in [-0.2, 0) is 9.59 Å². The molecule has 0 unspecified atom stereocenters. The molecule has 4 rings (SSSR count). The van der Waals surface area contributed by atoms with Crippen molar-refractivity contribution < 1.29 is 14.3 Å². The van der Waals surface area contributed by atoms with Crippen LogP contribution >= 0.6 is 0 Å². The standard InChI is InChI=1S/C20H20O3/c1-12(21)23-14-4-6-15-13(11-14)3-5-17-16(15)9-10-20(2)18(17)7-8-19(20)22/h3-6,11,16H,7-10H2,1-2H3/t16-,20+/m1/s1. The van der Waals surface area contributed by atoms with Crippen molar-refractivity contribution in [3.63, 3.8) is 0 Å². The summed E-state index contributed by atoms with van der Waals surface area (Å²) in [5.74, 6) is 1.07. The molecular weight excluding hydrogens is 288 g/mol. The Kier molecular flexibility index (Phi) is 3.09. The molecule has 1 saturated carbocycles. The van der Waals surface area contributed by atoms with Crippen LogP contribution in [0.3, 0.4) is 0 Å². The van der Waals surface area contributed by atoms with Crippen molar-refractivity contribution in [2.24, 2.45) is 5.41 Å². The van der Waals surface area contributed by atoms with E-state index in [1.54, 1.807) is 0 Å². The van der Waals surface area contributed by atoms with Gasteiger partial charge in [0.2, 0.25) is 0 Å². The SMILES string of the molecule is CC(=O)Oc1ccc2c(c1)C=CC1=C3CCC(=O)[C@@]3(C)CC[C@@H]12. The molecule has 3 nitrogen and oxygen atoms in total. The third kappa shape index (κ3) is 2.10. The number of hydrogen-bond acceptors (Lipinski definition) is 3. The summed E-state index contributed by atoms with van der Waals surface area (Å²) in [5.41, 5.74) is 4.87. The predicted molar refractivity (Wildman–Crippen MR) is 88.1 cm³/mol. The minimum Gasteiger partial charge on any atom is -0.427 e. The highest BCUT2D eigenvalue weighted by molar-refractivity contribution is 5.92. The third-order valence-electron chi connectivity index (χ3n) is 5.68. The molecule has 0 bridgehead atoms. The molecule has 0 amide bonds. The summed E-state index contributed by atoms with van der Waals surface area (Å²) in [6.45, 7) is 3.53. The summed E-state index contributed by atoms with van der Waals surface area (Å²) >= 11 is 0. The summed E-state index contributed by atoms with van der Waals surface area (Å²) in [7, 11) is 0. The molecule has 118 valence electrons. The van der Waals surface area contributed by atoms with Crippen LogP contribution in [0.2, 0.25) is 0 Å². The number of ether oxygens (including phenoxy) is 1. The lowest BCUT2D eigenvalue weighted by molar-refractivity contribution is -0.131. The van der Waals surface area contributed by atoms with Gasteiger partial charge in [0.05, 0.1) is 0 Å². The number of rotatable bonds is 1. The molecule has 1 aromatic rings. The van der Waals surface area contributed by atoms with Gasteiger partial charge in [-0.2, -0.15) is 0 Å². The van der Waals surface area contributed by atoms with E-state index in [0.29, 0.717) is 23.9 Å². The summed E-state index contributed by atoms with van der Waals surface area (Å²) in [5, 5.41) is 0. The van der Waals surface area contributed by atoms with Crippen LogP contribution in [0, 0.1) is 5.41 Å². The Bertz CT molecular complexity index is 784. The van der Waals surface area contributed by atoms with Crippen LogP contribution < -0.4 is 4.74 Å². The van der Waals surface area contributed by atoms with Crippen molar-refractivity contribution in [1.29, 1.82) is 0 Å². The fraction of sp³-hybridized carbons (Fsp3) is 0.400. The summed E-state index contributed by atoms with van der Waals surface area (Å²) in [6.07, 6.45) is 7.81. The lowest BCUT2D eigenvalue weighted by atomic mass is 9.65. The van der Waals surface area contributed by atoms with E-state index in [0.717, 1.165) is 24.8 Å². The van der Waals surface area contributed by atoms with Gasteiger partial charge in [0.25, 0.3) is 0 Å². The lowest BCUT2D eigenvalue weighted by Crippen LogP contribution is -2.30. The molecule has 0 aliphatic heterocycles. The molecule has 0 spiro atoms. The third-order valence-corrected chi connectivity index (χ3v) is 5.68. The number of ketones is 1. The Morgan fingerprint density at radius 1 is 1.26 bits per heavy atom. The zero-order chi connectivity index (χ0) is 16.2. The zero-order valence-corrected chi connectivity index (χ0v) is 13.5. The quantitative estimate of drug-likeness (QED) is 0.577. The number of carbonyl (C=O) groups is 2. The van der Waals surface area contributed by atoms with Gasteiger partial charge >= 0.3 is 5.97 Å². The molecule has 0 heterocycles.